The van der Waals surface area contributed by atoms with Gasteiger partial charge in [-0.1, -0.05) is 11.6 Å². The number of benzene rings is 2. The summed E-state index contributed by atoms with van der Waals surface area (Å²) >= 11 is 6.29. The number of halogens is 2. The van der Waals surface area contributed by atoms with Gasteiger partial charge in [0, 0.05) is 16.6 Å². The summed E-state index contributed by atoms with van der Waals surface area (Å²) in [6, 6.07) is 8.31. The van der Waals surface area contributed by atoms with Crippen LogP contribution >= 0.6 is 11.6 Å². The molecule has 0 radical (unpaired) electrons. The van der Waals surface area contributed by atoms with E-state index in [1.807, 2.05) is 0 Å². The van der Waals surface area contributed by atoms with E-state index in [4.69, 9.17) is 16.3 Å². The fraction of sp³-hybridized carbons (Fsp3) is 0.261. The van der Waals surface area contributed by atoms with Crippen LogP contribution in [0.25, 0.3) is 10.9 Å². The van der Waals surface area contributed by atoms with Crippen LogP contribution in [0.2, 0.25) is 5.02 Å². The molecule has 0 unspecified atom stereocenters. The van der Waals surface area contributed by atoms with Crippen molar-refractivity contribution in [1.29, 1.82) is 0 Å². The van der Waals surface area contributed by atoms with Crippen LogP contribution in [-0.2, 0) is 16.0 Å². The Balaban J connectivity index is 2.15. The Morgan fingerprint density at radius 1 is 1.19 bits per heavy atom. The van der Waals surface area contributed by atoms with E-state index in [0.717, 1.165) is 0 Å². The van der Waals surface area contributed by atoms with E-state index >= 15 is 0 Å². The predicted octanol–water partition coefficient (Wildman–Crippen LogP) is 3.96. The molecular weight excluding hydrogens is 439 g/mol. The van der Waals surface area contributed by atoms with E-state index in [1.165, 1.54) is 49.8 Å². The second kappa shape index (κ2) is 8.63. The zero-order chi connectivity index (χ0) is 23.8. The lowest BCUT2D eigenvalue weighted by atomic mass is 10.0. The lowest BCUT2D eigenvalue weighted by molar-refractivity contribution is -0.145. The number of aliphatic carboxylic acids is 1. The molecule has 0 aliphatic heterocycles. The van der Waals surface area contributed by atoms with Crippen LogP contribution in [0.15, 0.2) is 36.4 Å². The number of fused-ring (bicyclic) bond motifs is 1. The van der Waals surface area contributed by atoms with Crippen molar-refractivity contribution >= 4 is 40.3 Å². The van der Waals surface area contributed by atoms with E-state index in [9.17, 15) is 23.9 Å². The molecule has 7 nitrogen and oxygen atoms in total. The van der Waals surface area contributed by atoms with Crippen molar-refractivity contribution in [1.82, 2.24) is 9.88 Å². The number of carbonyl (C=O) groups excluding carboxylic acids is 2. The number of amides is 1. The number of nitrogens with one attached hydrogen (secondary N) is 1. The van der Waals surface area contributed by atoms with Gasteiger partial charge in [-0.3, -0.25) is 14.2 Å². The first kappa shape index (κ1) is 23.3. The van der Waals surface area contributed by atoms with Crippen LogP contribution in [-0.4, -0.2) is 40.1 Å². The molecule has 1 heterocycles. The highest BCUT2D eigenvalue weighted by molar-refractivity contribution is 6.33. The van der Waals surface area contributed by atoms with Gasteiger partial charge < -0.3 is 15.2 Å². The number of ether oxygens (including phenoxy) is 1. The third-order valence-electron chi connectivity index (χ3n) is 5.23. The van der Waals surface area contributed by atoms with Crippen molar-refractivity contribution in [2.75, 3.05) is 7.11 Å². The number of nitrogens with zero attached hydrogens (tertiary/aromatic N) is 1. The minimum Gasteiger partial charge on any atom is -0.495 e. The third kappa shape index (κ3) is 4.31. The summed E-state index contributed by atoms with van der Waals surface area (Å²) in [5, 5.41) is 12.6. The van der Waals surface area contributed by atoms with Gasteiger partial charge in [-0.05, 0) is 62.7 Å². The molecule has 0 fully saturated rings. The van der Waals surface area contributed by atoms with Crippen molar-refractivity contribution in [3.8, 4) is 5.75 Å². The van der Waals surface area contributed by atoms with Gasteiger partial charge in [0.15, 0.2) is 0 Å². The first-order valence-corrected chi connectivity index (χ1v) is 10.1. The number of hydrogen-bond donors (Lipinski definition) is 2. The standard InChI is InChI=1S/C23H22ClFN2O5/c1-12-15(10-20(28)26-23(2,3)22(30)31)16-9-19(32-4)17(24)11-18(16)27(12)21(29)13-5-7-14(25)8-6-13/h5-9,11H,10H2,1-4H3,(H,26,28)(H,30,31). The Morgan fingerprint density at radius 2 is 1.81 bits per heavy atom. The second-order valence-electron chi connectivity index (χ2n) is 7.87. The third-order valence-corrected chi connectivity index (χ3v) is 5.52. The summed E-state index contributed by atoms with van der Waals surface area (Å²) in [7, 11) is 1.45. The Labute approximate surface area is 188 Å². The summed E-state index contributed by atoms with van der Waals surface area (Å²) < 4.78 is 20.0. The van der Waals surface area contributed by atoms with Gasteiger partial charge in [0.2, 0.25) is 5.91 Å². The van der Waals surface area contributed by atoms with Crippen molar-refractivity contribution in [3.05, 3.63) is 64.1 Å². The molecule has 32 heavy (non-hydrogen) atoms. The van der Waals surface area contributed by atoms with Gasteiger partial charge in [-0.15, -0.1) is 0 Å². The first-order chi connectivity index (χ1) is 15.0. The Morgan fingerprint density at radius 3 is 2.38 bits per heavy atom. The topological polar surface area (TPSA) is 97.6 Å². The van der Waals surface area contributed by atoms with E-state index in [1.54, 1.807) is 19.1 Å². The van der Waals surface area contributed by atoms with Crippen molar-refractivity contribution in [2.24, 2.45) is 0 Å². The van der Waals surface area contributed by atoms with E-state index in [0.29, 0.717) is 27.9 Å². The number of carbonyl (C=O) groups is 3. The summed E-state index contributed by atoms with van der Waals surface area (Å²) in [5.41, 5.74) is 0.226. The van der Waals surface area contributed by atoms with Gasteiger partial charge in [-0.25, -0.2) is 9.18 Å². The van der Waals surface area contributed by atoms with Crippen LogP contribution in [0.5, 0.6) is 5.75 Å². The average Bonchev–Trinajstić information content (AvgIpc) is 2.97. The van der Waals surface area contributed by atoms with E-state index in [2.05, 4.69) is 5.32 Å². The Bertz CT molecular complexity index is 1230. The lowest BCUT2D eigenvalue weighted by Gasteiger charge is -2.21. The Hall–Kier alpha value is -3.39. The highest BCUT2D eigenvalue weighted by atomic mass is 35.5. The minimum atomic E-state index is -1.46. The van der Waals surface area contributed by atoms with Crippen LogP contribution < -0.4 is 10.1 Å². The molecule has 0 aliphatic rings. The summed E-state index contributed by atoms with van der Waals surface area (Å²) in [4.78, 5) is 37.3. The number of methoxy groups -OCH3 is 1. The molecule has 0 bridgehead atoms. The normalized spacial score (nSPS) is 11.4. The quantitative estimate of drug-likeness (QED) is 0.580. The molecule has 1 aromatic heterocycles. The molecule has 2 N–H and O–H groups in total. The zero-order valence-electron chi connectivity index (χ0n) is 18.0. The monoisotopic (exact) mass is 460 g/mol. The maximum absolute atomic E-state index is 13.3. The number of carboxylic acid groups (broad SMARTS) is 1. The molecule has 0 saturated heterocycles. The highest BCUT2D eigenvalue weighted by Gasteiger charge is 2.30. The predicted molar refractivity (Wildman–Crippen MR) is 118 cm³/mol. The summed E-state index contributed by atoms with van der Waals surface area (Å²) in [6.45, 7) is 4.43. The average molecular weight is 461 g/mol. The summed E-state index contributed by atoms with van der Waals surface area (Å²) in [6.07, 6.45) is -0.173. The zero-order valence-corrected chi connectivity index (χ0v) is 18.7. The van der Waals surface area contributed by atoms with Crippen LogP contribution in [0.3, 0.4) is 0 Å². The fourth-order valence-electron chi connectivity index (χ4n) is 3.45. The molecular formula is C23H22ClFN2O5. The number of carboxylic acids is 1. The number of rotatable bonds is 6. The maximum atomic E-state index is 13.3. The van der Waals surface area contributed by atoms with E-state index < -0.39 is 29.1 Å². The van der Waals surface area contributed by atoms with Gasteiger partial charge in [0.05, 0.1) is 24.1 Å². The largest absolute Gasteiger partial charge is 0.495 e. The second-order valence-corrected chi connectivity index (χ2v) is 8.28. The number of aromatic nitrogens is 1. The molecule has 0 aliphatic carbocycles. The van der Waals surface area contributed by atoms with E-state index in [-0.39, 0.29) is 17.0 Å². The Kier molecular flexibility index (Phi) is 6.27. The molecule has 3 aromatic rings. The van der Waals surface area contributed by atoms with Crippen LogP contribution in [0, 0.1) is 12.7 Å². The molecule has 1 amide bonds. The van der Waals surface area contributed by atoms with Gasteiger partial charge in [0.25, 0.3) is 5.91 Å². The smallest absolute Gasteiger partial charge is 0.328 e. The number of hydrogen-bond acceptors (Lipinski definition) is 4. The van der Waals surface area contributed by atoms with Crippen LogP contribution in [0.1, 0.15) is 35.5 Å². The fourth-order valence-corrected chi connectivity index (χ4v) is 3.68. The highest BCUT2D eigenvalue weighted by Crippen LogP contribution is 2.35. The van der Waals surface area contributed by atoms with Gasteiger partial charge in [0.1, 0.15) is 17.1 Å². The van der Waals surface area contributed by atoms with Crippen molar-refractivity contribution < 1.29 is 28.6 Å². The molecule has 168 valence electrons. The van der Waals surface area contributed by atoms with Crippen molar-refractivity contribution in [2.45, 2.75) is 32.7 Å². The molecule has 0 spiro atoms. The SMILES string of the molecule is COc1cc2c(CC(=O)NC(C)(C)C(=O)O)c(C)n(C(=O)c3ccc(F)cc3)c2cc1Cl. The molecule has 2 aromatic carbocycles. The van der Waals surface area contributed by atoms with Gasteiger partial charge >= 0.3 is 5.97 Å². The molecule has 3 rings (SSSR count). The molecule has 9 heteroatoms. The first-order valence-electron chi connectivity index (χ1n) is 9.68. The maximum Gasteiger partial charge on any atom is 0.328 e. The summed E-state index contributed by atoms with van der Waals surface area (Å²) in [5.74, 6) is -2.24. The lowest BCUT2D eigenvalue weighted by Crippen LogP contribution is -2.50. The van der Waals surface area contributed by atoms with Crippen molar-refractivity contribution in [3.63, 3.8) is 0 Å². The minimum absolute atomic E-state index is 0.173. The molecule has 0 atom stereocenters. The van der Waals surface area contributed by atoms with Gasteiger partial charge in [-0.2, -0.15) is 0 Å². The molecule has 0 saturated carbocycles. The van der Waals surface area contributed by atoms with Crippen LogP contribution in [0.4, 0.5) is 4.39 Å².